The minimum atomic E-state index is -0.268. The van der Waals surface area contributed by atoms with Gasteiger partial charge < -0.3 is 10.1 Å². The zero-order valence-corrected chi connectivity index (χ0v) is 13.5. The molecule has 1 atom stereocenters. The molecule has 6 nitrogen and oxygen atoms in total. The van der Waals surface area contributed by atoms with Crippen molar-refractivity contribution in [1.82, 2.24) is 15.1 Å². The maximum absolute atomic E-state index is 12.3. The van der Waals surface area contributed by atoms with Gasteiger partial charge in [0.05, 0.1) is 13.7 Å². The molecule has 2 heterocycles. The standard InChI is InChI=1S/C17H23N3O3/c1-23-15-7-3-2-5-13(15)11-14-6-4-9-19(14)12-16(21)20-10-8-18-17(20)22/h2-3,5,7,14H,4,6,8-12H2,1H3,(H,18,22). The molecular formula is C17H23N3O3. The first-order valence-corrected chi connectivity index (χ1v) is 8.13. The van der Waals surface area contributed by atoms with Gasteiger partial charge in [-0.2, -0.15) is 0 Å². The highest BCUT2D eigenvalue weighted by molar-refractivity contribution is 5.96. The van der Waals surface area contributed by atoms with Crippen molar-refractivity contribution in [3.05, 3.63) is 29.8 Å². The summed E-state index contributed by atoms with van der Waals surface area (Å²) in [6.07, 6.45) is 3.01. The van der Waals surface area contributed by atoms with Crippen LogP contribution in [0.2, 0.25) is 0 Å². The maximum Gasteiger partial charge on any atom is 0.324 e. The number of hydrogen-bond donors (Lipinski definition) is 1. The Morgan fingerprint density at radius 2 is 2.17 bits per heavy atom. The molecule has 124 valence electrons. The summed E-state index contributed by atoms with van der Waals surface area (Å²) >= 11 is 0. The quantitative estimate of drug-likeness (QED) is 0.888. The second kappa shape index (κ2) is 7.00. The lowest BCUT2D eigenvalue weighted by molar-refractivity contribution is -0.129. The van der Waals surface area contributed by atoms with E-state index in [-0.39, 0.29) is 11.9 Å². The van der Waals surface area contributed by atoms with Crippen molar-refractivity contribution in [2.45, 2.75) is 25.3 Å². The molecule has 3 rings (SSSR count). The van der Waals surface area contributed by atoms with E-state index in [1.54, 1.807) is 7.11 Å². The van der Waals surface area contributed by atoms with Crippen LogP contribution in [-0.2, 0) is 11.2 Å². The number of rotatable bonds is 5. The molecule has 6 heteroatoms. The number of ether oxygens (including phenoxy) is 1. The summed E-state index contributed by atoms with van der Waals surface area (Å²) in [5.41, 5.74) is 1.17. The van der Waals surface area contributed by atoms with Crippen molar-refractivity contribution < 1.29 is 14.3 Å². The first-order chi connectivity index (χ1) is 11.2. The molecule has 1 unspecified atom stereocenters. The molecule has 0 aromatic heterocycles. The van der Waals surface area contributed by atoms with Gasteiger partial charge in [0, 0.05) is 19.1 Å². The van der Waals surface area contributed by atoms with Crippen LogP contribution in [0.25, 0.3) is 0 Å². The average Bonchev–Trinajstić information content (AvgIpc) is 3.17. The first kappa shape index (κ1) is 15.8. The minimum Gasteiger partial charge on any atom is -0.496 e. The number of amides is 3. The molecule has 1 aromatic rings. The summed E-state index contributed by atoms with van der Waals surface area (Å²) in [7, 11) is 1.68. The molecular weight excluding hydrogens is 294 g/mol. The van der Waals surface area contributed by atoms with Gasteiger partial charge in [-0.25, -0.2) is 4.79 Å². The number of hydrogen-bond acceptors (Lipinski definition) is 4. The summed E-state index contributed by atoms with van der Waals surface area (Å²) in [5.74, 6) is 0.788. The second-order valence-electron chi connectivity index (χ2n) is 6.06. The Kier molecular flexibility index (Phi) is 4.81. The molecule has 1 N–H and O–H groups in total. The number of carbonyl (C=O) groups is 2. The van der Waals surface area contributed by atoms with Gasteiger partial charge in [0.1, 0.15) is 5.75 Å². The third-order valence-corrected chi connectivity index (χ3v) is 4.64. The van der Waals surface area contributed by atoms with E-state index in [1.165, 1.54) is 10.5 Å². The molecule has 2 saturated heterocycles. The summed E-state index contributed by atoms with van der Waals surface area (Å²) in [4.78, 5) is 27.4. The predicted molar refractivity (Wildman–Crippen MR) is 86.4 cm³/mol. The minimum absolute atomic E-state index is 0.105. The number of benzene rings is 1. The van der Waals surface area contributed by atoms with Gasteiger partial charge in [-0.15, -0.1) is 0 Å². The molecule has 2 aliphatic heterocycles. The van der Waals surface area contributed by atoms with E-state index < -0.39 is 0 Å². The lowest BCUT2D eigenvalue weighted by atomic mass is 10.0. The van der Waals surface area contributed by atoms with Crippen molar-refractivity contribution in [3.8, 4) is 5.75 Å². The van der Waals surface area contributed by atoms with E-state index in [0.29, 0.717) is 25.7 Å². The molecule has 0 radical (unpaired) electrons. The monoisotopic (exact) mass is 317 g/mol. The first-order valence-electron chi connectivity index (χ1n) is 8.13. The van der Waals surface area contributed by atoms with Gasteiger partial charge in [-0.3, -0.25) is 14.6 Å². The topological polar surface area (TPSA) is 61.9 Å². The number of methoxy groups -OCH3 is 1. The van der Waals surface area contributed by atoms with Crippen molar-refractivity contribution in [1.29, 1.82) is 0 Å². The molecule has 2 aliphatic rings. The number of para-hydroxylation sites is 1. The summed E-state index contributed by atoms with van der Waals surface area (Å²) in [6, 6.07) is 8.07. The van der Waals surface area contributed by atoms with Crippen LogP contribution in [0.4, 0.5) is 4.79 Å². The van der Waals surface area contributed by atoms with Gasteiger partial charge in [0.2, 0.25) is 5.91 Å². The van der Waals surface area contributed by atoms with Crippen LogP contribution < -0.4 is 10.1 Å². The number of carbonyl (C=O) groups excluding carboxylic acids is 2. The maximum atomic E-state index is 12.3. The summed E-state index contributed by atoms with van der Waals surface area (Å²) < 4.78 is 5.42. The zero-order chi connectivity index (χ0) is 16.2. The molecule has 0 spiro atoms. The van der Waals surface area contributed by atoms with Crippen molar-refractivity contribution >= 4 is 11.9 Å². The highest BCUT2D eigenvalue weighted by atomic mass is 16.5. The van der Waals surface area contributed by atoms with E-state index in [0.717, 1.165) is 31.6 Å². The molecule has 2 fully saturated rings. The van der Waals surface area contributed by atoms with Crippen LogP contribution in [0.15, 0.2) is 24.3 Å². The van der Waals surface area contributed by atoms with Gasteiger partial charge in [0.15, 0.2) is 0 Å². The fraction of sp³-hybridized carbons (Fsp3) is 0.529. The van der Waals surface area contributed by atoms with Crippen molar-refractivity contribution in [3.63, 3.8) is 0 Å². The van der Waals surface area contributed by atoms with E-state index in [9.17, 15) is 9.59 Å². The largest absolute Gasteiger partial charge is 0.496 e. The van der Waals surface area contributed by atoms with Gasteiger partial charge in [-0.1, -0.05) is 18.2 Å². The number of urea groups is 1. The highest BCUT2D eigenvalue weighted by Crippen LogP contribution is 2.26. The van der Waals surface area contributed by atoms with Crippen LogP contribution in [0.1, 0.15) is 18.4 Å². The van der Waals surface area contributed by atoms with Crippen molar-refractivity contribution in [2.75, 3.05) is 33.3 Å². The Bertz CT molecular complexity index is 590. The predicted octanol–water partition coefficient (Wildman–Crippen LogP) is 1.25. The van der Waals surface area contributed by atoms with Crippen LogP contribution in [-0.4, -0.2) is 61.1 Å². The molecule has 23 heavy (non-hydrogen) atoms. The van der Waals surface area contributed by atoms with E-state index >= 15 is 0 Å². The van der Waals surface area contributed by atoms with E-state index in [1.807, 2.05) is 18.2 Å². The van der Waals surface area contributed by atoms with Gasteiger partial charge in [0.25, 0.3) is 0 Å². The van der Waals surface area contributed by atoms with Crippen LogP contribution >= 0.6 is 0 Å². The van der Waals surface area contributed by atoms with E-state index in [2.05, 4.69) is 16.3 Å². The summed E-state index contributed by atoms with van der Waals surface area (Å²) in [6.45, 7) is 2.24. The number of imide groups is 1. The molecule has 0 bridgehead atoms. The zero-order valence-electron chi connectivity index (χ0n) is 13.5. The molecule has 0 aliphatic carbocycles. The van der Waals surface area contributed by atoms with Crippen molar-refractivity contribution in [2.24, 2.45) is 0 Å². The highest BCUT2D eigenvalue weighted by Gasteiger charge is 2.32. The van der Waals surface area contributed by atoms with Gasteiger partial charge in [-0.05, 0) is 37.4 Å². The Morgan fingerprint density at radius 3 is 2.91 bits per heavy atom. The third-order valence-electron chi connectivity index (χ3n) is 4.64. The fourth-order valence-corrected chi connectivity index (χ4v) is 3.43. The summed E-state index contributed by atoms with van der Waals surface area (Å²) in [5, 5.41) is 2.67. The second-order valence-corrected chi connectivity index (χ2v) is 6.06. The number of likely N-dealkylation sites (tertiary alicyclic amines) is 1. The number of nitrogens with zero attached hydrogens (tertiary/aromatic N) is 2. The Balaban J connectivity index is 1.63. The Labute approximate surface area is 136 Å². The lowest BCUT2D eigenvalue weighted by Crippen LogP contribution is -2.44. The molecule has 3 amide bonds. The molecule has 0 saturated carbocycles. The average molecular weight is 317 g/mol. The fourth-order valence-electron chi connectivity index (χ4n) is 3.43. The van der Waals surface area contributed by atoms with E-state index in [4.69, 9.17) is 4.74 Å². The smallest absolute Gasteiger partial charge is 0.324 e. The Hall–Kier alpha value is -2.08. The third kappa shape index (κ3) is 3.47. The lowest BCUT2D eigenvalue weighted by Gasteiger charge is -2.26. The Morgan fingerprint density at radius 1 is 1.35 bits per heavy atom. The molecule has 1 aromatic carbocycles. The normalized spacial score (nSPS) is 21.5. The SMILES string of the molecule is COc1ccccc1CC1CCCN1CC(=O)N1CCNC1=O. The van der Waals surface area contributed by atoms with Crippen LogP contribution in [0, 0.1) is 0 Å². The van der Waals surface area contributed by atoms with Crippen LogP contribution in [0.3, 0.4) is 0 Å². The van der Waals surface area contributed by atoms with Crippen LogP contribution in [0.5, 0.6) is 5.75 Å². The number of nitrogens with one attached hydrogen (secondary N) is 1. The van der Waals surface area contributed by atoms with Gasteiger partial charge >= 0.3 is 6.03 Å².